The summed E-state index contributed by atoms with van der Waals surface area (Å²) in [5.74, 6) is 1.05. The first-order valence-electron chi connectivity index (χ1n) is 9.21. The van der Waals surface area contributed by atoms with E-state index in [1.807, 2.05) is 60.7 Å². The van der Waals surface area contributed by atoms with Gasteiger partial charge in [0.1, 0.15) is 16.0 Å². The number of anilines is 1. The van der Waals surface area contributed by atoms with Crippen LogP contribution in [0.15, 0.2) is 30.3 Å². The van der Waals surface area contributed by atoms with Crippen molar-refractivity contribution in [3.63, 3.8) is 0 Å². The predicted octanol–water partition coefficient (Wildman–Crippen LogP) is 3.21. The van der Waals surface area contributed by atoms with Gasteiger partial charge in [0.05, 0.1) is 12.7 Å². The maximum absolute atomic E-state index is 12.2. The van der Waals surface area contributed by atoms with Gasteiger partial charge in [-0.2, -0.15) is 4.68 Å². The number of nitrogens with one attached hydrogen (secondary N) is 1. The molecule has 4 rings (SSSR count). The minimum atomic E-state index is -0.0177. The fourth-order valence-electron chi connectivity index (χ4n) is 2.98. The molecule has 1 aromatic carbocycles. The van der Waals surface area contributed by atoms with Crippen LogP contribution in [0.2, 0.25) is 0 Å². The first kappa shape index (κ1) is 17.8. The van der Waals surface area contributed by atoms with Gasteiger partial charge in [0.15, 0.2) is 10.3 Å². The summed E-state index contributed by atoms with van der Waals surface area (Å²) in [5.41, 5.74) is 1.81. The molecule has 0 saturated heterocycles. The van der Waals surface area contributed by atoms with E-state index in [9.17, 15) is 4.79 Å². The third-order valence-corrected chi connectivity index (χ3v) is 5.40. The topological polar surface area (TPSA) is 76.6 Å². The number of amides is 1. The van der Waals surface area contributed by atoms with Crippen LogP contribution in [0, 0.1) is 5.92 Å². The van der Waals surface area contributed by atoms with E-state index in [2.05, 4.69) is 15.6 Å². The van der Waals surface area contributed by atoms with Gasteiger partial charge >= 0.3 is 5.82 Å². The Kier molecular flexibility index (Phi) is 4.73. The number of tetrazole rings is 1. The van der Waals surface area contributed by atoms with Crippen molar-refractivity contribution >= 4 is 22.4 Å². The molecule has 0 spiro atoms. The Morgan fingerprint density at radius 3 is 2.74 bits per heavy atom. The molecule has 0 unspecified atom stereocenters. The van der Waals surface area contributed by atoms with E-state index in [4.69, 9.17) is 4.98 Å². The lowest BCUT2D eigenvalue weighted by Crippen LogP contribution is -2.40. The van der Waals surface area contributed by atoms with Crippen molar-refractivity contribution in [3.8, 4) is 22.0 Å². The number of aromatic nitrogens is 5. The van der Waals surface area contributed by atoms with E-state index >= 15 is 0 Å². The Labute approximate surface area is 162 Å². The number of carbonyl (C=O) groups is 1. The number of nitrogens with zero attached hydrogens (tertiary/aromatic N) is 5. The smallest absolute Gasteiger partial charge is 0.302 e. The molecule has 3 aromatic rings. The molecule has 1 aliphatic rings. The normalized spacial score (nSPS) is 13.9. The molecule has 140 valence electrons. The summed E-state index contributed by atoms with van der Waals surface area (Å²) in [7, 11) is 1.97. The second kappa shape index (κ2) is 7.19. The number of carbonyl (C=O) groups excluding carboxylic acids is 1. The van der Waals surface area contributed by atoms with Crippen LogP contribution in [0.5, 0.6) is 0 Å². The second-order valence-corrected chi connectivity index (χ2v) is 8.30. The zero-order chi connectivity index (χ0) is 19.0. The molecule has 1 saturated carbocycles. The Morgan fingerprint density at radius 2 is 2.07 bits per heavy atom. The Morgan fingerprint density at radius 1 is 1.33 bits per heavy atom. The highest BCUT2D eigenvalue weighted by Gasteiger charge is 2.35. The van der Waals surface area contributed by atoms with Crippen molar-refractivity contribution in [3.05, 3.63) is 30.3 Å². The summed E-state index contributed by atoms with van der Waals surface area (Å²) in [5, 5.41) is 12.3. The molecule has 0 bridgehead atoms. The second-order valence-electron chi connectivity index (χ2n) is 7.30. The molecule has 1 N–H and O–H groups in total. The SMILES string of the molecule is CC(C)CC(=O)Nc1nc(-c2ccccc2)c(-c2nnn(C3CC3)[n+]2C)s1. The minimum absolute atomic E-state index is 0.0177. The van der Waals surface area contributed by atoms with E-state index in [0.717, 1.165) is 34.8 Å². The Bertz CT molecular complexity index is 958. The van der Waals surface area contributed by atoms with Crippen molar-refractivity contribution in [1.82, 2.24) is 20.1 Å². The highest BCUT2D eigenvalue weighted by Crippen LogP contribution is 2.38. The van der Waals surface area contributed by atoms with Crippen LogP contribution in [-0.4, -0.2) is 26.0 Å². The lowest BCUT2D eigenvalue weighted by molar-refractivity contribution is -0.749. The summed E-state index contributed by atoms with van der Waals surface area (Å²) < 4.78 is 1.98. The number of rotatable bonds is 6. The Hall–Kier alpha value is -2.61. The van der Waals surface area contributed by atoms with Gasteiger partial charge in [0, 0.05) is 12.0 Å². The van der Waals surface area contributed by atoms with Gasteiger partial charge in [0.25, 0.3) is 0 Å². The molecule has 1 amide bonds. The van der Waals surface area contributed by atoms with Gasteiger partial charge in [-0.1, -0.05) is 60.3 Å². The van der Waals surface area contributed by atoms with E-state index in [0.29, 0.717) is 23.5 Å². The zero-order valence-corrected chi connectivity index (χ0v) is 16.5. The van der Waals surface area contributed by atoms with Crippen molar-refractivity contribution in [1.29, 1.82) is 0 Å². The molecule has 0 aliphatic heterocycles. The molecule has 27 heavy (non-hydrogen) atoms. The number of hydrogen-bond donors (Lipinski definition) is 1. The summed E-state index contributed by atoms with van der Waals surface area (Å²) in [4.78, 5) is 19.8. The maximum atomic E-state index is 12.2. The van der Waals surface area contributed by atoms with Crippen LogP contribution < -0.4 is 10.00 Å². The molecule has 1 aliphatic carbocycles. The van der Waals surface area contributed by atoms with Crippen LogP contribution >= 0.6 is 11.3 Å². The average molecular weight is 384 g/mol. The molecule has 1 fully saturated rings. The minimum Gasteiger partial charge on any atom is -0.302 e. The fraction of sp³-hybridized carbons (Fsp3) is 0.421. The summed E-state index contributed by atoms with van der Waals surface area (Å²) in [6.07, 6.45) is 2.75. The van der Waals surface area contributed by atoms with Crippen molar-refractivity contribution < 1.29 is 9.48 Å². The van der Waals surface area contributed by atoms with E-state index in [1.165, 1.54) is 11.3 Å². The summed E-state index contributed by atoms with van der Waals surface area (Å²) in [6.45, 7) is 4.05. The molecule has 7 nitrogen and oxygen atoms in total. The molecule has 8 heteroatoms. The number of thiazole rings is 1. The van der Waals surface area contributed by atoms with Crippen molar-refractivity contribution in [2.24, 2.45) is 13.0 Å². The number of benzene rings is 1. The first-order valence-corrected chi connectivity index (χ1v) is 10.0. The third-order valence-electron chi connectivity index (χ3n) is 4.44. The standard InChI is InChI=1S/C19H22N6OS/c1-12(2)11-15(26)20-19-21-16(13-7-5-4-6-8-13)17(27-19)18-22-23-25(24(18)3)14-9-10-14/h4-8,12,14H,9-11H2,1-3H3/p+1. The molecule has 0 radical (unpaired) electrons. The van der Waals surface area contributed by atoms with Gasteiger partial charge in [-0.15, -0.1) is 0 Å². The van der Waals surface area contributed by atoms with E-state index in [-0.39, 0.29) is 5.91 Å². The quantitative estimate of drug-likeness (QED) is 0.663. The summed E-state index contributed by atoms with van der Waals surface area (Å²) in [6, 6.07) is 10.4. The van der Waals surface area contributed by atoms with E-state index < -0.39 is 0 Å². The van der Waals surface area contributed by atoms with Crippen molar-refractivity contribution in [2.75, 3.05) is 5.32 Å². The molecular formula is C19H23N6OS+. The highest BCUT2D eigenvalue weighted by molar-refractivity contribution is 7.19. The lowest BCUT2D eigenvalue weighted by atomic mass is 10.1. The van der Waals surface area contributed by atoms with E-state index in [1.54, 1.807) is 0 Å². The monoisotopic (exact) mass is 383 g/mol. The van der Waals surface area contributed by atoms with Crippen LogP contribution in [-0.2, 0) is 11.8 Å². The molecule has 2 heterocycles. The lowest BCUT2D eigenvalue weighted by Gasteiger charge is -2.03. The summed E-state index contributed by atoms with van der Waals surface area (Å²) >= 11 is 1.44. The number of hydrogen-bond acceptors (Lipinski definition) is 5. The first-order chi connectivity index (χ1) is 13.0. The average Bonchev–Trinajstić information content (AvgIpc) is 3.28. The van der Waals surface area contributed by atoms with Crippen molar-refractivity contribution in [2.45, 2.75) is 39.2 Å². The zero-order valence-electron chi connectivity index (χ0n) is 15.7. The van der Waals surface area contributed by atoms with Gasteiger partial charge < -0.3 is 5.32 Å². The van der Waals surface area contributed by atoms with Gasteiger partial charge in [-0.25, -0.2) is 4.98 Å². The predicted molar refractivity (Wildman–Crippen MR) is 104 cm³/mol. The Balaban J connectivity index is 1.74. The molecule has 0 atom stereocenters. The molecular weight excluding hydrogens is 360 g/mol. The van der Waals surface area contributed by atoms with Gasteiger partial charge in [-0.05, 0) is 18.8 Å². The van der Waals surface area contributed by atoms with Gasteiger partial charge in [0.2, 0.25) is 5.91 Å². The fourth-order valence-corrected chi connectivity index (χ4v) is 4.00. The van der Waals surface area contributed by atoms with Crippen LogP contribution in [0.25, 0.3) is 22.0 Å². The van der Waals surface area contributed by atoms with Gasteiger partial charge in [-0.3, -0.25) is 4.79 Å². The molecule has 2 aromatic heterocycles. The third kappa shape index (κ3) is 3.75. The largest absolute Gasteiger partial charge is 0.344 e. The maximum Gasteiger partial charge on any atom is 0.344 e. The van der Waals surface area contributed by atoms with Crippen LogP contribution in [0.1, 0.15) is 39.2 Å². The highest BCUT2D eigenvalue weighted by atomic mass is 32.1. The van der Waals surface area contributed by atoms with Crippen LogP contribution in [0.3, 0.4) is 0 Å². The van der Waals surface area contributed by atoms with Crippen LogP contribution in [0.4, 0.5) is 5.13 Å².